The third-order valence-electron chi connectivity index (χ3n) is 11.1. The molecule has 8 rings (SSSR count). The standard InChI is InChI=1S/C26H23FO4.C25H21FO4/c1-4-11-31-24-14-19-16(12-23(24)30-3)9-10-17-15(2)25(18-7-5-6-8-22(18)27)21(26(28)29)13-20(17)19;1-3-10-30-24-12-16-9-8-15-11-20(17-6-4-5-7-22(17)26)21(25(27)28)13-18(15)19(16)14-23(24)29-2/h4-8,12-14H,1,9-11H2,2-3H3,(H,28,29);3-7,11-14H,1,8-10H2,2H3,(H,27,28). The van der Waals surface area contributed by atoms with Crippen LogP contribution in [0.15, 0.2) is 116 Å². The number of methoxy groups -OCH3 is 2. The molecule has 0 saturated heterocycles. The van der Waals surface area contributed by atoms with Crippen LogP contribution in [0.1, 0.15) is 48.5 Å². The van der Waals surface area contributed by atoms with E-state index in [9.17, 15) is 28.6 Å². The van der Waals surface area contributed by atoms with Crippen molar-refractivity contribution in [2.24, 2.45) is 0 Å². The SMILES string of the molecule is C=CCOc1cc2c(cc1OC)-c1cc(C(=O)O)c(-c3ccccc3F)cc1CC2.C=CCOc1cc2c(cc1OC)CCc1c-2cc(C(=O)O)c(-c2ccccc2F)c1C. The first-order valence-corrected chi connectivity index (χ1v) is 19.7. The molecule has 10 heteroatoms. The summed E-state index contributed by atoms with van der Waals surface area (Å²) in [5.41, 5.74) is 9.93. The smallest absolute Gasteiger partial charge is 0.336 e. The van der Waals surface area contributed by atoms with E-state index >= 15 is 0 Å². The number of carbonyl (C=O) groups is 2. The molecule has 0 saturated carbocycles. The molecule has 0 unspecified atom stereocenters. The molecular formula is C51H44F2O8. The van der Waals surface area contributed by atoms with Crippen LogP contribution in [0.25, 0.3) is 44.5 Å². The fourth-order valence-electron chi connectivity index (χ4n) is 8.27. The minimum Gasteiger partial charge on any atom is -0.493 e. The first-order valence-electron chi connectivity index (χ1n) is 19.7. The van der Waals surface area contributed by atoms with Crippen LogP contribution < -0.4 is 18.9 Å². The van der Waals surface area contributed by atoms with E-state index < -0.39 is 23.6 Å². The maximum atomic E-state index is 14.6. The van der Waals surface area contributed by atoms with Crippen LogP contribution in [0.4, 0.5) is 8.78 Å². The number of hydrogen-bond donors (Lipinski definition) is 2. The number of carboxylic acids is 2. The van der Waals surface area contributed by atoms with Crippen LogP contribution in [0.3, 0.4) is 0 Å². The Morgan fingerprint density at radius 3 is 1.61 bits per heavy atom. The molecule has 0 spiro atoms. The molecular weight excluding hydrogens is 779 g/mol. The molecule has 0 atom stereocenters. The summed E-state index contributed by atoms with van der Waals surface area (Å²) in [5.74, 6) is -0.673. The molecule has 0 radical (unpaired) electrons. The summed E-state index contributed by atoms with van der Waals surface area (Å²) >= 11 is 0. The van der Waals surface area contributed by atoms with E-state index in [0.717, 1.165) is 75.8 Å². The minimum absolute atomic E-state index is 0.0673. The van der Waals surface area contributed by atoms with Gasteiger partial charge < -0.3 is 29.2 Å². The number of fused-ring (bicyclic) bond motifs is 6. The first-order chi connectivity index (χ1) is 29.5. The number of hydrogen-bond acceptors (Lipinski definition) is 6. The highest BCUT2D eigenvalue weighted by Crippen LogP contribution is 2.46. The molecule has 310 valence electrons. The molecule has 0 amide bonds. The highest BCUT2D eigenvalue weighted by atomic mass is 19.1. The molecule has 6 aromatic rings. The van der Waals surface area contributed by atoms with Crippen LogP contribution in [0.5, 0.6) is 23.0 Å². The average Bonchev–Trinajstić information content (AvgIpc) is 3.26. The molecule has 0 fully saturated rings. The predicted molar refractivity (Wildman–Crippen MR) is 233 cm³/mol. The van der Waals surface area contributed by atoms with Gasteiger partial charge in [0.25, 0.3) is 0 Å². The Morgan fingerprint density at radius 1 is 0.574 bits per heavy atom. The maximum absolute atomic E-state index is 14.6. The maximum Gasteiger partial charge on any atom is 0.336 e. The number of halogens is 2. The Kier molecular flexibility index (Phi) is 12.4. The van der Waals surface area contributed by atoms with Gasteiger partial charge in [-0.05, 0) is 143 Å². The van der Waals surface area contributed by atoms with Crippen molar-refractivity contribution in [3.63, 3.8) is 0 Å². The molecule has 2 N–H and O–H groups in total. The van der Waals surface area contributed by atoms with Gasteiger partial charge in [-0.3, -0.25) is 0 Å². The van der Waals surface area contributed by atoms with Crippen LogP contribution in [0.2, 0.25) is 0 Å². The predicted octanol–water partition coefficient (Wildman–Crippen LogP) is 11.4. The Hall–Kier alpha value is -7.20. The second-order valence-corrected chi connectivity index (χ2v) is 14.6. The van der Waals surface area contributed by atoms with Crippen molar-refractivity contribution in [2.45, 2.75) is 32.6 Å². The van der Waals surface area contributed by atoms with Crippen molar-refractivity contribution < 1.29 is 47.5 Å². The molecule has 2 aliphatic carbocycles. The zero-order valence-electron chi connectivity index (χ0n) is 34.1. The second kappa shape index (κ2) is 18.0. The van der Waals surface area contributed by atoms with Gasteiger partial charge in [0, 0.05) is 16.7 Å². The second-order valence-electron chi connectivity index (χ2n) is 14.6. The molecule has 6 aromatic carbocycles. The summed E-state index contributed by atoms with van der Waals surface area (Å²) in [6.45, 7) is 9.91. The number of benzene rings is 6. The highest BCUT2D eigenvalue weighted by Gasteiger charge is 2.28. The van der Waals surface area contributed by atoms with Crippen LogP contribution in [0, 0.1) is 18.6 Å². The van der Waals surface area contributed by atoms with E-state index in [1.165, 1.54) is 12.1 Å². The summed E-state index contributed by atoms with van der Waals surface area (Å²) < 4.78 is 51.4. The zero-order valence-corrected chi connectivity index (χ0v) is 34.1. The van der Waals surface area contributed by atoms with E-state index in [0.29, 0.717) is 52.9 Å². The van der Waals surface area contributed by atoms with Gasteiger partial charge in [0.2, 0.25) is 0 Å². The minimum atomic E-state index is -1.10. The lowest BCUT2D eigenvalue weighted by Gasteiger charge is -2.26. The summed E-state index contributed by atoms with van der Waals surface area (Å²) in [6.07, 6.45) is 6.30. The van der Waals surface area contributed by atoms with Gasteiger partial charge in [-0.2, -0.15) is 0 Å². The van der Waals surface area contributed by atoms with E-state index in [-0.39, 0.29) is 16.7 Å². The molecule has 8 nitrogen and oxygen atoms in total. The lowest BCUT2D eigenvalue weighted by atomic mass is 9.79. The van der Waals surface area contributed by atoms with Crippen LogP contribution in [-0.2, 0) is 25.7 Å². The zero-order chi connectivity index (χ0) is 43.4. The van der Waals surface area contributed by atoms with Crippen molar-refractivity contribution in [1.29, 1.82) is 0 Å². The van der Waals surface area contributed by atoms with Gasteiger partial charge in [-0.25, -0.2) is 18.4 Å². The number of rotatable bonds is 12. The average molecular weight is 823 g/mol. The van der Waals surface area contributed by atoms with Gasteiger partial charge in [-0.1, -0.05) is 61.7 Å². The molecule has 0 heterocycles. The summed E-state index contributed by atoms with van der Waals surface area (Å²) in [5, 5.41) is 19.8. The van der Waals surface area contributed by atoms with Gasteiger partial charge >= 0.3 is 11.9 Å². The Balaban J connectivity index is 0.000000184. The topological polar surface area (TPSA) is 112 Å². The molecule has 2 aliphatic rings. The van der Waals surface area contributed by atoms with Crippen LogP contribution >= 0.6 is 0 Å². The first kappa shape index (κ1) is 41.9. The van der Waals surface area contributed by atoms with Gasteiger partial charge in [0.15, 0.2) is 23.0 Å². The number of ether oxygens (including phenoxy) is 4. The quantitative estimate of drug-likeness (QED) is 0.117. The molecule has 0 aliphatic heterocycles. The van der Waals surface area contributed by atoms with Crippen molar-refractivity contribution in [1.82, 2.24) is 0 Å². The summed E-state index contributed by atoms with van der Waals surface area (Å²) in [6, 6.07) is 25.3. The van der Waals surface area contributed by atoms with Crippen LogP contribution in [-0.4, -0.2) is 49.6 Å². The normalized spacial score (nSPS) is 12.0. The highest BCUT2D eigenvalue weighted by molar-refractivity contribution is 6.01. The Morgan fingerprint density at radius 2 is 1.03 bits per heavy atom. The van der Waals surface area contributed by atoms with E-state index in [2.05, 4.69) is 13.2 Å². The third kappa shape index (κ3) is 8.21. The van der Waals surface area contributed by atoms with Gasteiger partial charge in [0.05, 0.1) is 25.3 Å². The van der Waals surface area contributed by atoms with E-state index in [1.54, 1.807) is 81.0 Å². The van der Waals surface area contributed by atoms with Crippen molar-refractivity contribution in [3.8, 4) is 67.5 Å². The monoisotopic (exact) mass is 822 g/mol. The van der Waals surface area contributed by atoms with Gasteiger partial charge in [0.1, 0.15) is 24.8 Å². The lowest BCUT2D eigenvalue weighted by molar-refractivity contribution is 0.0687. The van der Waals surface area contributed by atoms with Gasteiger partial charge in [-0.15, -0.1) is 0 Å². The largest absolute Gasteiger partial charge is 0.493 e. The van der Waals surface area contributed by atoms with Crippen molar-refractivity contribution in [3.05, 3.63) is 167 Å². The summed E-state index contributed by atoms with van der Waals surface area (Å²) in [7, 11) is 3.16. The van der Waals surface area contributed by atoms with Crippen molar-refractivity contribution >= 4 is 11.9 Å². The fraction of sp³-hybridized carbons (Fsp3) is 0.176. The van der Waals surface area contributed by atoms with Crippen molar-refractivity contribution in [2.75, 3.05) is 27.4 Å². The van der Waals surface area contributed by atoms with E-state index in [1.807, 2.05) is 31.2 Å². The molecule has 0 bridgehead atoms. The molecule has 0 aromatic heterocycles. The third-order valence-corrected chi connectivity index (χ3v) is 11.1. The molecule has 61 heavy (non-hydrogen) atoms. The Labute approximate surface area is 353 Å². The number of carboxylic acid groups (broad SMARTS) is 2. The number of aromatic carboxylic acids is 2. The van der Waals surface area contributed by atoms with E-state index in [4.69, 9.17) is 18.9 Å². The number of aryl methyl sites for hydroxylation is 3. The summed E-state index contributed by atoms with van der Waals surface area (Å²) in [4.78, 5) is 24.2. The lowest BCUT2D eigenvalue weighted by Crippen LogP contribution is -2.12. The fourth-order valence-corrected chi connectivity index (χ4v) is 8.27. The Bertz CT molecular complexity index is 2720.